The first-order chi connectivity index (χ1) is 9.92. The number of aryl methyl sites for hydroxylation is 1. The van der Waals surface area contributed by atoms with E-state index in [-0.39, 0.29) is 28.6 Å². The lowest BCUT2D eigenvalue weighted by molar-refractivity contribution is -0.133. The highest BCUT2D eigenvalue weighted by molar-refractivity contribution is 6.19. The molecule has 2 aliphatic rings. The second kappa shape index (κ2) is 4.72. The van der Waals surface area contributed by atoms with Gasteiger partial charge in [0.05, 0.1) is 5.69 Å². The number of aromatic nitrogens is 1. The highest BCUT2D eigenvalue weighted by Crippen LogP contribution is 2.47. The third kappa shape index (κ3) is 2.24. The largest absolute Gasteiger partial charge is 0.477 e. The molecule has 2 heterocycles. The van der Waals surface area contributed by atoms with Gasteiger partial charge in [-0.3, -0.25) is 9.59 Å². The maximum atomic E-state index is 12.4. The number of carbonyl (C=O) groups excluding carboxylic acids is 2. The van der Waals surface area contributed by atoms with Gasteiger partial charge >= 0.3 is 5.97 Å². The number of carboxylic acids is 1. The van der Waals surface area contributed by atoms with Gasteiger partial charge in [-0.1, -0.05) is 12.8 Å². The van der Waals surface area contributed by atoms with Gasteiger partial charge in [0.2, 0.25) is 11.8 Å². The van der Waals surface area contributed by atoms with Crippen molar-refractivity contribution in [3.05, 3.63) is 17.5 Å². The Bertz CT molecular complexity index is 606. The number of anilines is 1. The Morgan fingerprint density at radius 1 is 1.24 bits per heavy atom. The molecule has 21 heavy (non-hydrogen) atoms. The fraction of sp³-hybridized carbons (Fsp3) is 0.533. The van der Waals surface area contributed by atoms with Crippen LogP contribution in [0, 0.1) is 12.3 Å². The molecule has 1 aromatic heterocycles. The van der Waals surface area contributed by atoms with Crippen molar-refractivity contribution in [1.29, 1.82) is 0 Å². The number of aromatic carboxylic acids is 1. The molecule has 0 atom stereocenters. The van der Waals surface area contributed by atoms with Crippen LogP contribution in [0.4, 0.5) is 5.69 Å². The number of hydrogen-bond donors (Lipinski definition) is 2. The molecule has 2 fully saturated rings. The molecule has 0 unspecified atom stereocenters. The van der Waals surface area contributed by atoms with Gasteiger partial charge in [-0.2, -0.15) is 0 Å². The van der Waals surface area contributed by atoms with Crippen LogP contribution in [0.15, 0.2) is 6.07 Å². The molecule has 0 aromatic carbocycles. The van der Waals surface area contributed by atoms with Gasteiger partial charge in [0.25, 0.3) is 0 Å². The number of rotatable bonds is 2. The molecule has 2 amide bonds. The topological polar surface area (TPSA) is 90.5 Å². The second-order valence-corrected chi connectivity index (χ2v) is 6.20. The van der Waals surface area contributed by atoms with Crippen molar-refractivity contribution in [2.45, 2.75) is 45.4 Å². The van der Waals surface area contributed by atoms with E-state index in [1.807, 2.05) is 0 Å². The van der Waals surface area contributed by atoms with Gasteiger partial charge in [0.15, 0.2) is 0 Å². The summed E-state index contributed by atoms with van der Waals surface area (Å²) in [6.45, 7) is 1.70. The molecule has 0 bridgehead atoms. The fourth-order valence-corrected chi connectivity index (χ4v) is 3.66. The number of nitrogens with one attached hydrogen (secondary N) is 1. The minimum atomic E-state index is -1.17. The number of carboxylic acid groups (broad SMARTS) is 1. The molecule has 1 spiro atoms. The number of hydrogen-bond acceptors (Lipinski definition) is 3. The Hall–Kier alpha value is -2.11. The molecule has 1 aliphatic carbocycles. The van der Waals surface area contributed by atoms with E-state index in [9.17, 15) is 19.5 Å². The van der Waals surface area contributed by atoms with Crippen molar-refractivity contribution in [2.24, 2.45) is 5.41 Å². The average molecular weight is 290 g/mol. The molecule has 0 radical (unpaired) electrons. The first-order valence-corrected chi connectivity index (χ1v) is 7.21. The summed E-state index contributed by atoms with van der Waals surface area (Å²) in [6.07, 6.45) is 4.62. The van der Waals surface area contributed by atoms with Crippen molar-refractivity contribution in [3.8, 4) is 0 Å². The van der Waals surface area contributed by atoms with Crippen LogP contribution in [0.5, 0.6) is 0 Å². The van der Waals surface area contributed by atoms with E-state index < -0.39 is 5.97 Å². The van der Waals surface area contributed by atoms with Crippen molar-refractivity contribution < 1.29 is 19.5 Å². The number of imide groups is 1. The number of aromatic amines is 1. The predicted molar refractivity (Wildman–Crippen MR) is 75.1 cm³/mol. The van der Waals surface area contributed by atoms with Gasteiger partial charge < -0.3 is 10.1 Å². The lowest BCUT2D eigenvalue weighted by Gasteiger charge is -2.37. The third-order valence-electron chi connectivity index (χ3n) is 4.60. The van der Waals surface area contributed by atoms with Crippen molar-refractivity contribution in [2.75, 3.05) is 4.90 Å². The normalized spacial score (nSPS) is 21.3. The maximum Gasteiger partial charge on any atom is 0.354 e. The number of nitrogens with zero attached hydrogens (tertiary/aromatic N) is 1. The lowest BCUT2D eigenvalue weighted by atomic mass is 9.76. The zero-order valence-electron chi connectivity index (χ0n) is 11.9. The third-order valence-corrected chi connectivity index (χ3v) is 4.60. The molecule has 6 heteroatoms. The Kier molecular flexibility index (Phi) is 3.11. The van der Waals surface area contributed by atoms with Crippen LogP contribution in [-0.2, 0) is 9.59 Å². The summed E-state index contributed by atoms with van der Waals surface area (Å²) in [5.74, 6) is -1.73. The summed E-state index contributed by atoms with van der Waals surface area (Å²) < 4.78 is 0. The van der Waals surface area contributed by atoms with Crippen LogP contribution in [0.3, 0.4) is 0 Å². The number of H-pyrrole nitrogens is 1. The number of carbonyl (C=O) groups is 3. The van der Waals surface area contributed by atoms with Crippen LogP contribution >= 0.6 is 0 Å². The Balaban J connectivity index is 1.95. The van der Waals surface area contributed by atoms with E-state index in [4.69, 9.17) is 0 Å². The predicted octanol–water partition coefficient (Wildman–Crippen LogP) is 2.24. The highest BCUT2D eigenvalue weighted by Gasteiger charge is 2.46. The summed E-state index contributed by atoms with van der Waals surface area (Å²) >= 11 is 0. The van der Waals surface area contributed by atoms with Crippen molar-refractivity contribution in [3.63, 3.8) is 0 Å². The van der Waals surface area contributed by atoms with E-state index >= 15 is 0 Å². The SMILES string of the molecule is Cc1cc(N2C(=O)CC3(CCCC3)CC2=O)c(C(=O)O)[nH]1. The zero-order valence-corrected chi connectivity index (χ0v) is 11.9. The highest BCUT2D eigenvalue weighted by atomic mass is 16.4. The summed E-state index contributed by atoms with van der Waals surface area (Å²) in [7, 11) is 0. The van der Waals surface area contributed by atoms with E-state index in [2.05, 4.69) is 4.98 Å². The maximum absolute atomic E-state index is 12.4. The Morgan fingerprint density at radius 2 is 1.81 bits per heavy atom. The molecule has 3 rings (SSSR count). The molecular formula is C15H18N2O4. The van der Waals surface area contributed by atoms with Gasteiger partial charge in [0, 0.05) is 18.5 Å². The van der Waals surface area contributed by atoms with Crippen molar-refractivity contribution in [1.82, 2.24) is 4.98 Å². The second-order valence-electron chi connectivity index (χ2n) is 6.20. The van der Waals surface area contributed by atoms with Crippen LogP contribution in [0.25, 0.3) is 0 Å². The Labute approximate surface area is 122 Å². The first-order valence-electron chi connectivity index (χ1n) is 7.21. The number of amides is 2. The summed E-state index contributed by atoms with van der Waals surface area (Å²) in [4.78, 5) is 39.9. The summed E-state index contributed by atoms with van der Waals surface area (Å²) in [5.41, 5.74) is 0.503. The van der Waals surface area contributed by atoms with Crippen molar-refractivity contribution >= 4 is 23.5 Å². The van der Waals surface area contributed by atoms with Gasteiger partial charge in [-0.15, -0.1) is 0 Å². The quantitative estimate of drug-likeness (QED) is 0.817. The molecule has 2 N–H and O–H groups in total. The smallest absolute Gasteiger partial charge is 0.354 e. The molecule has 112 valence electrons. The fourth-order valence-electron chi connectivity index (χ4n) is 3.66. The van der Waals surface area contributed by atoms with Crippen LogP contribution in [0.2, 0.25) is 0 Å². The van der Waals surface area contributed by atoms with Gasteiger partial charge in [-0.05, 0) is 31.2 Å². The molecule has 1 saturated heterocycles. The minimum absolute atomic E-state index is 0.100. The van der Waals surface area contributed by atoms with Crippen LogP contribution < -0.4 is 4.90 Å². The molecular weight excluding hydrogens is 272 g/mol. The molecule has 1 saturated carbocycles. The van der Waals surface area contributed by atoms with Crippen LogP contribution in [-0.4, -0.2) is 27.9 Å². The van der Waals surface area contributed by atoms with E-state index in [0.29, 0.717) is 18.5 Å². The summed E-state index contributed by atoms with van der Waals surface area (Å²) in [6, 6.07) is 1.55. The monoisotopic (exact) mass is 290 g/mol. The molecule has 1 aromatic rings. The minimum Gasteiger partial charge on any atom is -0.477 e. The number of piperidine rings is 1. The average Bonchev–Trinajstić information content (AvgIpc) is 2.96. The zero-order chi connectivity index (χ0) is 15.2. The standard InChI is InChI=1S/C15H18N2O4/c1-9-6-10(13(16-9)14(20)21)17-11(18)7-15(8-12(17)19)4-2-3-5-15/h6,16H,2-5,7-8H2,1H3,(H,20,21). The summed E-state index contributed by atoms with van der Waals surface area (Å²) in [5, 5.41) is 9.21. The van der Waals surface area contributed by atoms with Gasteiger partial charge in [-0.25, -0.2) is 9.69 Å². The van der Waals surface area contributed by atoms with E-state index in [0.717, 1.165) is 30.6 Å². The first kappa shape index (κ1) is 13.9. The molecule has 1 aliphatic heterocycles. The van der Waals surface area contributed by atoms with E-state index in [1.165, 1.54) is 0 Å². The van der Waals surface area contributed by atoms with Gasteiger partial charge in [0.1, 0.15) is 5.69 Å². The lowest BCUT2D eigenvalue weighted by Crippen LogP contribution is -2.47. The van der Waals surface area contributed by atoms with E-state index in [1.54, 1.807) is 13.0 Å². The van der Waals surface area contributed by atoms with Crippen LogP contribution in [0.1, 0.15) is 54.7 Å². The Morgan fingerprint density at radius 3 is 2.33 bits per heavy atom. The molecule has 6 nitrogen and oxygen atoms in total.